The maximum absolute atomic E-state index is 12.7. The Morgan fingerprint density at radius 3 is 2.75 bits per heavy atom. The monoisotopic (exact) mass is 469 g/mol. The summed E-state index contributed by atoms with van der Waals surface area (Å²) in [4.78, 5) is 12.7. The molecule has 3 heterocycles. The SMILES string of the molecule is O=S(=O)(NCCCCN1CCN(c2cccc3[nH]ccc23)CC1)c1cccc2scnc12. The van der Waals surface area contributed by atoms with E-state index in [1.54, 1.807) is 17.6 Å². The van der Waals surface area contributed by atoms with E-state index in [1.807, 2.05) is 12.3 Å². The van der Waals surface area contributed by atoms with Crippen LogP contribution in [-0.4, -0.2) is 62.6 Å². The number of nitrogens with zero attached hydrogens (tertiary/aromatic N) is 3. The van der Waals surface area contributed by atoms with Gasteiger partial charge in [-0.2, -0.15) is 0 Å². The van der Waals surface area contributed by atoms with Crippen LogP contribution in [0.2, 0.25) is 0 Å². The number of aromatic amines is 1. The Hall–Kier alpha value is -2.46. The van der Waals surface area contributed by atoms with Crippen molar-refractivity contribution in [3.05, 3.63) is 54.2 Å². The molecule has 0 radical (unpaired) electrons. The number of nitrogens with one attached hydrogen (secondary N) is 2. The first-order valence-corrected chi connectivity index (χ1v) is 13.3. The summed E-state index contributed by atoms with van der Waals surface area (Å²) >= 11 is 1.45. The summed E-state index contributed by atoms with van der Waals surface area (Å²) in [5.41, 5.74) is 4.71. The third-order valence-electron chi connectivity index (χ3n) is 6.09. The van der Waals surface area contributed by atoms with E-state index < -0.39 is 10.0 Å². The highest BCUT2D eigenvalue weighted by atomic mass is 32.2. The van der Waals surface area contributed by atoms with Crippen molar-refractivity contribution >= 4 is 48.2 Å². The van der Waals surface area contributed by atoms with Crippen LogP contribution in [0.25, 0.3) is 21.1 Å². The maximum Gasteiger partial charge on any atom is 0.242 e. The Labute approximate surface area is 192 Å². The van der Waals surface area contributed by atoms with E-state index in [0.717, 1.165) is 50.3 Å². The fraction of sp³-hybridized carbons (Fsp3) is 0.348. The van der Waals surface area contributed by atoms with Gasteiger partial charge in [0.25, 0.3) is 0 Å². The second-order valence-electron chi connectivity index (χ2n) is 8.10. The molecule has 7 nitrogen and oxygen atoms in total. The van der Waals surface area contributed by atoms with Gasteiger partial charge in [0.05, 0.1) is 10.2 Å². The second kappa shape index (κ2) is 9.19. The van der Waals surface area contributed by atoms with Gasteiger partial charge in [-0.25, -0.2) is 18.1 Å². The summed E-state index contributed by atoms with van der Waals surface area (Å²) in [5.74, 6) is 0. The molecule has 2 aromatic carbocycles. The van der Waals surface area contributed by atoms with Crippen molar-refractivity contribution < 1.29 is 8.42 Å². The summed E-state index contributed by atoms with van der Waals surface area (Å²) < 4.78 is 29.0. The molecule has 5 rings (SSSR count). The van der Waals surface area contributed by atoms with Gasteiger partial charge in [0.1, 0.15) is 10.4 Å². The van der Waals surface area contributed by atoms with Crippen LogP contribution < -0.4 is 9.62 Å². The van der Waals surface area contributed by atoms with E-state index in [2.05, 4.69) is 48.8 Å². The maximum atomic E-state index is 12.7. The van der Waals surface area contributed by atoms with Crippen molar-refractivity contribution in [3.8, 4) is 0 Å². The van der Waals surface area contributed by atoms with Gasteiger partial charge >= 0.3 is 0 Å². The zero-order valence-electron chi connectivity index (χ0n) is 17.8. The number of sulfonamides is 1. The van der Waals surface area contributed by atoms with Crippen LogP contribution >= 0.6 is 11.3 Å². The molecule has 2 aromatic heterocycles. The highest BCUT2D eigenvalue weighted by Crippen LogP contribution is 2.27. The van der Waals surface area contributed by atoms with Crippen LogP contribution in [0, 0.1) is 0 Å². The Morgan fingerprint density at radius 1 is 1.03 bits per heavy atom. The summed E-state index contributed by atoms with van der Waals surface area (Å²) in [6, 6.07) is 13.8. The van der Waals surface area contributed by atoms with Crippen molar-refractivity contribution in [3.63, 3.8) is 0 Å². The summed E-state index contributed by atoms with van der Waals surface area (Å²) in [5, 5.41) is 1.28. The zero-order valence-corrected chi connectivity index (χ0v) is 19.5. The first kappa shape index (κ1) is 21.4. The van der Waals surface area contributed by atoms with Gasteiger partial charge in [0.15, 0.2) is 0 Å². The molecule has 0 amide bonds. The number of rotatable bonds is 8. The minimum atomic E-state index is -3.54. The first-order chi connectivity index (χ1) is 15.6. The van der Waals surface area contributed by atoms with Gasteiger partial charge in [-0.1, -0.05) is 12.1 Å². The normalized spacial score (nSPS) is 15.7. The summed E-state index contributed by atoms with van der Waals surface area (Å²) in [6.45, 7) is 5.50. The van der Waals surface area contributed by atoms with Crippen molar-refractivity contribution in [2.24, 2.45) is 0 Å². The number of unbranched alkanes of at least 4 members (excludes halogenated alkanes) is 1. The molecule has 2 N–H and O–H groups in total. The molecule has 1 aliphatic heterocycles. The van der Waals surface area contributed by atoms with Gasteiger partial charge in [-0.15, -0.1) is 11.3 Å². The number of thiazole rings is 1. The van der Waals surface area contributed by atoms with Crippen LogP contribution in [0.4, 0.5) is 5.69 Å². The number of aromatic nitrogens is 2. The molecule has 4 aromatic rings. The van der Waals surface area contributed by atoms with E-state index in [1.165, 1.54) is 27.9 Å². The van der Waals surface area contributed by atoms with E-state index in [-0.39, 0.29) is 4.90 Å². The molecule has 0 unspecified atom stereocenters. The molecule has 0 aliphatic carbocycles. The molecular weight excluding hydrogens is 442 g/mol. The molecule has 1 aliphatic rings. The average Bonchev–Trinajstić information content (AvgIpc) is 3.48. The molecule has 32 heavy (non-hydrogen) atoms. The molecule has 1 saturated heterocycles. The smallest absolute Gasteiger partial charge is 0.242 e. The van der Waals surface area contributed by atoms with Crippen LogP contribution in [0.5, 0.6) is 0 Å². The molecule has 0 spiro atoms. The molecule has 1 fully saturated rings. The van der Waals surface area contributed by atoms with Gasteiger partial charge < -0.3 is 9.88 Å². The average molecular weight is 470 g/mol. The molecular formula is C23H27N5O2S2. The number of H-pyrrole nitrogens is 1. The molecule has 0 saturated carbocycles. The van der Waals surface area contributed by atoms with Gasteiger partial charge in [-0.05, 0) is 49.7 Å². The third kappa shape index (κ3) is 4.38. The fourth-order valence-electron chi connectivity index (χ4n) is 4.38. The van der Waals surface area contributed by atoms with Crippen molar-refractivity contribution in [2.75, 3.05) is 44.2 Å². The summed E-state index contributed by atoms with van der Waals surface area (Å²) in [6.07, 6.45) is 3.78. The Bertz CT molecular complexity index is 1310. The van der Waals surface area contributed by atoms with Crippen LogP contribution in [0.15, 0.2) is 59.1 Å². The standard InChI is InChI=1S/C23H27N5O2S2/c29-32(30,22-8-4-7-21-23(22)25-17-31-21)26-10-1-2-12-27-13-15-28(16-14-27)20-6-3-5-19-18(20)9-11-24-19/h3-9,11,17,24,26H,1-2,10,12-16H2. The molecule has 9 heteroatoms. The first-order valence-electron chi connectivity index (χ1n) is 11.0. The predicted octanol–water partition coefficient (Wildman–Crippen LogP) is 3.66. The van der Waals surface area contributed by atoms with Crippen molar-refractivity contribution in [1.29, 1.82) is 0 Å². The van der Waals surface area contributed by atoms with Crippen LogP contribution in [0.1, 0.15) is 12.8 Å². The highest BCUT2D eigenvalue weighted by molar-refractivity contribution is 7.89. The van der Waals surface area contributed by atoms with E-state index in [4.69, 9.17) is 0 Å². The van der Waals surface area contributed by atoms with E-state index in [0.29, 0.717) is 12.1 Å². The minimum Gasteiger partial charge on any atom is -0.368 e. The lowest BCUT2D eigenvalue weighted by atomic mass is 10.1. The number of fused-ring (bicyclic) bond motifs is 2. The van der Waals surface area contributed by atoms with Crippen LogP contribution in [0.3, 0.4) is 0 Å². The largest absolute Gasteiger partial charge is 0.368 e. The Morgan fingerprint density at radius 2 is 1.88 bits per heavy atom. The number of hydrogen-bond donors (Lipinski definition) is 2. The van der Waals surface area contributed by atoms with Crippen LogP contribution in [-0.2, 0) is 10.0 Å². The van der Waals surface area contributed by atoms with Gasteiger partial charge in [0, 0.05) is 55.5 Å². The topological polar surface area (TPSA) is 81.3 Å². The quantitative estimate of drug-likeness (QED) is 0.385. The minimum absolute atomic E-state index is 0.268. The van der Waals surface area contributed by atoms with Crippen molar-refractivity contribution in [1.82, 2.24) is 19.6 Å². The molecule has 0 atom stereocenters. The van der Waals surface area contributed by atoms with E-state index >= 15 is 0 Å². The third-order valence-corrected chi connectivity index (χ3v) is 8.38. The van der Waals surface area contributed by atoms with E-state index in [9.17, 15) is 8.42 Å². The fourth-order valence-corrected chi connectivity index (χ4v) is 6.39. The number of benzene rings is 2. The second-order valence-corrected chi connectivity index (χ2v) is 10.7. The number of anilines is 1. The lowest BCUT2D eigenvalue weighted by Crippen LogP contribution is -2.46. The molecule has 0 bridgehead atoms. The van der Waals surface area contributed by atoms with Gasteiger partial charge in [-0.3, -0.25) is 4.90 Å². The van der Waals surface area contributed by atoms with Gasteiger partial charge in [0.2, 0.25) is 10.0 Å². The van der Waals surface area contributed by atoms with Crippen molar-refractivity contribution in [2.45, 2.75) is 17.7 Å². The number of para-hydroxylation sites is 1. The highest BCUT2D eigenvalue weighted by Gasteiger charge is 2.20. The predicted molar refractivity (Wildman–Crippen MR) is 131 cm³/mol. The Balaban J connectivity index is 1.07. The summed E-state index contributed by atoms with van der Waals surface area (Å²) in [7, 11) is -3.54. The number of hydrogen-bond acceptors (Lipinski definition) is 6. The lowest BCUT2D eigenvalue weighted by Gasteiger charge is -2.36. The molecule has 168 valence electrons. The lowest BCUT2D eigenvalue weighted by molar-refractivity contribution is 0.253. The number of piperazine rings is 1. The zero-order chi connectivity index (χ0) is 22.0. The Kier molecular flexibility index (Phi) is 6.14.